The third-order valence-electron chi connectivity index (χ3n) is 3.19. The van der Waals surface area contributed by atoms with Gasteiger partial charge in [0.2, 0.25) is 0 Å². The molecule has 1 fully saturated rings. The zero-order chi connectivity index (χ0) is 14.4. The van der Waals surface area contributed by atoms with Crippen LogP contribution in [0.5, 0.6) is 0 Å². The Bertz CT molecular complexity index is 433. The molecule has 6 nitrogen and oxygen atoms in total. The number of amides is 2. The van der Waals surface area contributed by atoms with E-state index in [0.29, 0.717) is 26.2 Å². The Hall–Kier alpha value is -1.34. The van der Waals surface area contributed by atoms with Crippen molar-refractivity contribution in [1.82, 2.24) is 15.2 Å². The van der Waals surface area contributed by atoms with E-state index >= 15 is 0 Å². The van der Waals surface area contributed by atoms with E-state index in [4.69, 9.17) is 4.74 Å². The molecule has 0 aromatic carbocycles. The van der Waals surface area contributed by atoms with Gasteiger partial charge in [-0.1, -0.05) is 0 Å². The van der Waals surface area contributed by atoms with E-state index in [1.54, 1.807) is 13.3 Å². The second-order valence-corrected chi connectivity index (χ2v) is 5.45. The molecule has 7 heteroatoms. The smallest absolute Gasteiger partial charge is 0.317 e. The molecule has 1 aromatic heterocycles. The second kappa shape index (κ2) is 7.44. The lowest BCUT2D eigenvalue weighted by Crippen LogP contribution is -2.52. The minimum atomic E-state index is -0.0227. The van der Waals surface area contributed by atoms with Crippen LogP contribution in [-0.4, -0.2) is 62.4 Å². The average molecular weight is 343 g/mol. The first-order valence-corrected chi connectivity index (χ1v) is 7.38. The van der Waals surface area contributed by atoms with Crippen molar-refractivity contribution in [2.45, 2.75) is 0 Å². The van der Waals surface area contributed by atoms with Crippen LogP contribution in [0.1, 0.15) is 0 Å². The minimum absolute atomic E-state index is 0.0227. The van der Waals surface area contributed by atoms with Crippen molar-refractivity contribution < 1.29 is 9.53 Å². The summed E-state index contributed by atoms with van der Waals surface area (Å²) in [6.45, 7) is 4.09. The van der Waals surface area contributed by atoms with Gasteiger partial charge in [-0.15, -0.1) is 0 Å². The zero-order valence-electron chi connectivity index (χ0n) is 11.5. The van der Waals surface area contributed by atoms with Gasteiger partial charge in [-0.25, -0.2) is 9.78 Å². The van der Waals surface area contributed by atoms with Crippen molar-refractivity contribution in [3.8, 4) is 0 Å². The highest BCUT2D eigenvalue weighted by Gasteiger charge is 2.21. The summed E-state index contributed by atoms with van der Waals surface area (Å²) in [5, 5.41) is 2.84. The fourth-order valence-corrected chi connectivity index (χ4v) is 2.30. The molecule has 1 aromatic rings. The number of hydrogen-bond donors (Lipinski definition) is 1. The molecule has 2 rings (SSSR count). The second-order valence-electron chi connectivity index (χ2n) is 4.53. The number of aromatic nitrogens is 1. The number of nitrogens with one attached hydrogen (secondary N) is 1. The average Bonchev–Trinajstić information content (AvgIpc) is 2.48. The quantitative estimate of drug-likeness (QED) is 0.838. The van der Waals surface area contributed by atoms with Gasteiger partial charge in [0.1, 0.15) is 5.82 Å². The summed E-state index contributed by atoms with van der Waals surface area (Å²) in [4.78, 5) is 20.3. The number of methoxy groups -OCH3 is 1. The van der Waals surface area contributed by atoms with E-state index in [1.165, 1.54) is 0 Å². The molecule has 1 N–H and O–H groups in total. The maximum absolute atomic E-state index is 11.9. The highest BCUT2D eigenvalue weighted by Crippen LogP contribution is 2.16. The maximum atomic E-state index is 11.9. The Morgan fingerprint density at radius 2 is 2.15 bits per heavy atom. The number of carbonyl (C=O) groups is 1. The first kappa shape index (κ1) is 15.1. The van der Waals surface area contributed by atoms with E-state index in [-0.39, 0.29) is 6.03 Å². The standard InChI is InChI=1S/C13H19BrN4O2/c1-20-9-4-15-13(19)18-7-5-17(6-8-18)12-3-2-11(14)10-16-12/h2-3,10H,4-9H2,1H3,(H,15,19). The molecular weight excluding hydrogens is 324 g/mol. The summed E-state index contributed by atoms with van der Waals surface area (Å²) in [5.41, 5.74) is 0. The molecular formula is C13H19BrN4O2. The van der Waals surface area contributed by atoms with E-state index in [0.717, 1.165) is 23.4 Å². The summed E-state index contributed by atoms with van der Waals surface area (Å²) in [6.07, 6.45) is 1.79. The minimum Gasteiger partial charge on any atom is -0.383 e. The Labute approximate surface area is 127 Å². The predicted octanol–water partition coefficient (Wildman–Crippen LogP) is 1.32. The third kappa shape index (κ3) is 4.08. The van der Waals surface area contributed by atoms with Gasteiger partial charge >= 0.3 is 6.03 Å². The lowest BCUT2D eigenvalue weighted by atomic mass is 10.3. The number of ether oxygens (including phenoxy) is 1. The number of carbonyl (C=O) groups excluding carboxylic acids is 1. The molecule has 0 saturated carbocycles. The molecule has 2 heterocycles. The van der Waals surface area contributed by atoms with Crippen LogP contribution in [0.2, 0.25) is 0 Å². The van der Waals surface area contributed by atoms with Crippen LogP contribution in [0.3, 0.4) is 0 Å². The fraction of sp³-hybridized carbons (Fsp3) is 0.538. The van der Waals surface area contributed by atoms with Crippen molar-refractivity contribution >= 4 is 27.8 Å². The summed E-state index contributed by atoms with van der Waals surface area (Å²) in [7, 11) is 1.62. The van der Waals surface area contributed by atoms with Gasteiger partial charge < -0.3 is 19.9 Å². The Morgan fingerprint density at radius 1 is 1.40 bits per heavy atom. The predicted molar refractivity (Wildman–Crippen MR) is 81.0 cm³/mol. The van der Waals surface area contributed by atoms with E-state index in [2.05, 4.69) is 31.1 Å². The Morgan fingerprint density at radius 3 is 2.75 bits per heavy atom. The van der Waals surface area contributed by atoms with Crippen LogP contribution in [0.25, 0.3) is 0 Å². The largest absolute Gasteiger partial charge is 0.383 e. The highest BCUT2D eigenvalue weighted by atomic mass is 79.9. The summed E-state index contributed by atoms with van der Waals surface area (Å²) in [6, 6.07) is 3.94. The number of halogens is 1. The monoisotopic (exact) mass is 342 g/mol. The first-order chi connectivity index (χ1) is 9.70. The number of pyridine rings is 1. The topological polar surface area (TPSA) is 57.7 Å². The molecule has 1 aliphatic rings. The summed E-state index contributed by atoms with van der Waals surface area (Å²) < 4.78 is 5.88. The number of hydrogen-bond acceptors (Lipinski definition) is 4. The molecule has 0 atom stereocenters. The molecule has 1 saturated heterocycles. The molecule has 0 aliphatic carbocycles. The van der Waals surface area contributed by atoms with Gasteiger partial charge in [0.25, 0.3) is 0 Å². The van der Waals surface area contributed by atoms with Crippen LogP contribution in [0.4, 0.5) is 10.6 Å². The van der Waals surface area contributed by atoms with Crippen molar-refractivity contribution in [3.05, 3.63) is 22.8 Å². The van der Waals surface area contributed by atoms with Gasteiger partial charge in [-0.05, 0) is 28.1 Å². The van der Waals surface area contributed by atoms with Crippen LogP contribution >= 0.6 is 15.9 Å². The molecule has 0 unspecified atom stereocenters. The summed E-state index contributed by atoms with van der Waals surface area (Å²) in [5.74, 6) is 0.952. The van der Waals surface area contributed by atoms with Crippen LogP contribution < -0.4 is 10.2 Å². The lowest BCUT2D eigenvalue weighted by Gasteiger charge is -2.35. The molecule has 110 valence electrons. The number of urea groups is 1. The van der Waals surface area contributed by atoms with Crippen molar-refractivity contribution in [2.24, 2.45) is 0 Å². The van der Waals surface area contributed by atoms with Crippen molar-refractivity contribution in [1.29, 1.82) is 0 Å². The van der Waals surface area contributed by atoms with E-state index in [1.807, 2.05) is 17.0 Å². The van der Waals surface area contributed by atoms with Crippen molar-refractivity contribution in [3.63, 3.8) is 0 Å². The normalized spacial score (nSPS) is 15.3. The SMILES string of the molecule is COCCNC(=O)N1CCN(c2ccc(Br)cn2)CC1. The van der Waals surface area contributed by atoms with Crippen LogP contribution in [0.15, 0.2) is 22.8 Å². The molecule has 0 bridgehead atoms. The molecule has 1 aliphatic heterocycles. The molecule has 20 heavy (non-hydrogen) atoms. The van der Waals surface area contributed by atoms with E-state index < -0.39 is 0 Å². The van der Waals surface area contributed by atoms with Crippen LogP contribution in [0, 0.1) is 0 Å². The van der Waals surface area contributed by atoms with Crippen LogP contribution in [-0.2, 0) is 4.74 Å². The Kier molecular flexibility index (Phi) is 5.60. The molecule has 0 spiro atoms. The van der Waals surface area contributed by atoms with Gasteiger partial charge in [0.05, 0.1) is 6.61 Å². The maximum Gasteiger partial charge on any atom is 0.317 e. The number of nitrogens with zero attached hydrogens (tertiary/aromatic N) is 3. The third-order valence-corrected chi connectivity index (χ3v) is 3.65. The van der Waals surface area contributed by atoms with E-state index in [9.17, 15) is 4.79 Å². The highest BCUT2D eigenvalue weighted by molar-refractivity contribution is 9.10. The number of rotatable bonds is 4. The first-order valence-electron chi connectivity index (χ1n) is 6.59. The Balaban J connectivity index is 1.80. The summed E-state index contributed by atoms with van der Waals surface area (Å²) >= 11 is 3.38. The van der Waals surface area contributed by atoms with Gasteiger partial charge in [-0.2, -0.15) is 0 Å². The lowest BCUT2D eigenvalue weighted by molar-refractivity contribution is 0.177. The zero-order valence-corrected chi connectivity index (χ0v) is 13.1. The number of piperazine rings is 1. The van der Waals surface area contributed by atoms with Gasteiger partial charge in [-0.3, -0.25) is 0 Å². The fourth-order valence-electron chi connectivity index (χ4n) is 2.07. The van der Waals surface area contributed by atoms with Gasteiger partial charge in [0.15, 0.2) is 0 Å². The molecule has 0 radical (unpaired) electrons. The van der Waals surface area contributed by atoms with Gasteiger partial charge in [0, 0.05) is 50.5 Å². The molecule has 2 amide bonds. The van der Waals surface area contributed by atoms with Crippen molar-refractivity contribution in [2.75, 3.05) is 51.3 Å². The number of anilines is 1.